The molecule has 0 aliphatic heterocycles. The number of rotatable bonds is 2. The maximum Gasteiger partial charge on any atom is 0.0634 e. The summed E-state index contributed by atoms with van der Waals surface area (Å²) in [5, 5.41) is 7.90. The Morgan fingerprint density at radius 3 is 2.08 bits per heavy atom. The molecule has 3 heteroatoms. The lowest BCUT2D eigenvalue weighted by Gasteiger charge is -2.11. The molecule has 0 bridgehead atoms. The molecule has 0 N–H and O–H groups in total. The highest BCUT2D eigenvalue weighted by Crippen LogP contribution is 2.48. The molecule has 0 aliphatic rings. The average Bonchev–Trinajstić information content (AvgIpc) is 3.49. The van der Waals surface area contributed by atoms with Crippen molar-refractivity contribution in [2.45, 2.75) is 0 Å². The second-order valence-electron chi connectivity index (χ2n) is 9.48. The molecule has 0 saturated carbocycles. The lowest BCUT2D eigenvalue weighted by Crippen LogP contribution is -1.94. The molecule has 174 valence electrons. The highest BCUT2D eigenvalue weighted by molar-refractivity contribution is 9.10. The van der Waals surface area contributed by atoms with E-state index in [9.17, 15) is 0 Å². The number of nitrogens with zero attached hydrogens (tertiary/aromatic N) is 1. The zero-order valence-corrected chi connectivity index (χ0v) is 22.2. The Hall–Kier alpha value is -3.92. The van der Waals surface area contributed by atoms with Crippen molar-refractivity contribution in [2.24, 2.45) is 0 Å². The van der Waals surface area contributed by atoms with Crippen molar-refractivity contribution in [1.82, 2.24) is 4.57 Å². The summed E-state index contributed by atoms with van der Waals surface area (Å²) in [5.41, 5.74) is 6.18. The van der Waals surface area contributed by atoms with Gasteiger partial charge in [-0.15, -0.1) is 11.3 Å². The van der Waals surface area contributed by atoms with Crippen LogP contribution in [0.15, 0.2) is 126 Å². The first-order chi connectivity index (χ1) is 18.3. The lowest BCUT2D eigenvalue weighted by atomic mass is 9.97. The number of fused-ring (bicyclic) bond motifs is 10. The molecule has 37 heavy (non-hydrogen) atoms. The molecule has 2 heterocycles. The molecule has 2 aromatic heterocycles. The molecule has 8 rings (SSSR count). The predicted octanol–water partition coefficient (Wildman–Crippen LogP) is 10.7. The summed E-state index contributed by atoms with van der Waals surface area (Å²) < 4.78 is 6.21. The Morgan fingerprint density at radius 1 is 0.541 bits per heavy atom. The van der Waals surface area contributed by atoms with Gasteiger partial charge in [0.1, 0.15) is 0 Å². The maximum absolute atomic E-state index is 3.74. The summed E-state index contributed by atoms with van der Waals surface area (Å²) >= 11 is 5.66. The minimum absolute atomic E-state index is 1.09. The number of halogens is 1. The molecule has 0 aliphatic carbocycles. The quantitative estimate of drug-likeness (QED) is 0.200. The highest BCUT2D eigenvalue weighted by atomic mass is 79.9. The van der Waals surface area contributed by atoms with Crippen LogP contribution in [0.3, 0.4) is 0 Å². The van der Waals surface area contributed by atoms with E-state index in [4.69, 9.17) is 0 Å². The third-order valence-corrected chi connectivity index (χ3v) is 9.10. The van der Waals surface area contributed by atoms with Crippen molar-refractivity contribution in [3.63, 3.8) is 0 Å². The van der Waals surface area contributed by atoms with Gasteiger partial charge in [0.2, 0.25) is 0 Å². The van der Waals surface area contributed by atoms with Gasteiger partial charge in [0.05, 0.1) is 11.0 Å². The Morgan fingerprint density at radius 2 is 1.27 bits per heavy atom. The van der Waals surface area contributed by atoms with Crippen LogP contribution < -0.4 is 0 Å². The summed E-state index contributed by atoms with van der Waals surface area (Å²) in [6.07, 6.45) is 0. The third-order valence-electron chi connectivity index (χ3n) is 7.42. The Kier molecular flexibility index (Phi) is 4.61. The SMILES string of the molecule is Brc1ccc2c3c4sc5ccc(-c6ccccc6)cc5c4c4ccccc4c3n(-c3ccccc3)c2c1. The van der Waals surface area contributed by atoms with Crippen molar-refractivity contribution in [2.75, 3.05) is 0 Å². The van der Waals surface area contributed by atoms with E-state index in [2.05, 4.69) is 142 Å². The smallest absolute Gasteiger partial charge is 0.0634 e. The molecule has 0 atom stereocenters. The fourth-order valence-corrected chi connectivity index (χ4v) is 7.46. The van der Waals surface area contributed by atoms with Crippen LogP contribution in [0.4, 0.5) is 0 Å². The fourth-order valence-electron chi connectivity index (χ4n) is 5.85. The molecule has 1 nitrogen and oxygen atoms in total. The summed E-state index contributed by atoms with van der Waals surface area (Å²) in [7, 11) is 0. The van der Waals surface area contributed by atoms with Gasteiger partial charge in [-0.2, -0.15) is 0 Å². The number of para-hydroxylation sites is 1. The predicted molar refractivity (Wildman–Crippen MR) is 164 cm³/mol. The molecule has 0 unspecified atom stereocenters. The molecule has 6 aromatic carbocycles. The Bertz CT molecular complexity index is 2140. The molecule has 0 radical (unpaired) electrons. The van der Waals surface area contributed by atoms with E-state index in [-0.39, 0.29) is 0 Å². The minimum Gasteiger partial charge on any atom is -0.309 e. The van der Waals surface area contributed by atoms with Crippen LogP contribution >= 0.6 is 27.3 Å². The third kappa shape index (κ3) is 3.08. The van der Waals surface area contributed by atoms with Gasteiger partial charge in [0.25, 0.3) is 0 Å². The van der Waals surface area contributed by atoms with Gasteiger partial charge in [0, 0.05) is 46.5 Å². The number of hydrogen-bond acceptors (Lipinski definition) is 1. The molecule has 0 saturated heterocycles. The first-order valence-electron chi connectivity index (χ1n) is 12.4. The summed E-state index contributed by atoms with van der Waals surface area (Å²) in [6.45, 7) is 0. The minimum atomic E-state index is 1.09. The van der Waals surface area contributed by atoms with Gasteiger partial charge >= 0.3 is 0 Å². The monoisotopic (exact) mass is 553 g/mol. The van der Waals surface area contributed by atoms with Gasteiger partial charge < -0.3 is 4.57 Å². The van der Waals surface area contributed by atoms with Gasteiger partial charge in [-0.3, -0.25) is 0 Å². The van der Waals surface area contributed by atoms with Gasteiger partial charge in [-0.1, -0.05) is 101 Å². The second kappa shape index (κ2) is 8.04. The molecular weight excluding hydrogens is 534 g/mol. The van der Waals surface area contributed by atoms with E-state index in [1.807, 2.05) is 11.3 Å². The van der Waals surface area contributed by atoms with Gasteiger partial charge in [-0.25, -0.2) is 0 Å². The fraction of sp³-hybridized carbons (Fsp3) is 0. The molecule has 0 fully saturated rings. The number of thiophene rings is 1. The Labute approximate surface area is 226 Å². The van der Waals surface area contributed by atoms with Gasteiger partial charge in [-0.05, 0) is 52.9 Å². The first kappa shape index (κ1) is 21.2. The van der Waals surface area contributed by atoms with Crippen molar-refractivity contribution < 1.29 is 0 Å². The largest absolute Gasteiger partial charge is 0.309 e. The molecule has 0 spiro atoms. The van der Waals surface area contributed by atoms with Crippen LogP contribution in [-0.4, -0.2) is 4.57 Å². The van der Waals surface area contributed by atoms with Crippen LogP contribution in [0.25, 0.3) is 69.6 Å². The van der Waals surface area contributed by atoms with Crippen molar-refractivity contribution in [3.8, 4) is 16.8 Å². The Balaban J connectivity index is 1.62. The zero-order chi connectivity index (χ0) is 24.5. The summed E-state index contributed by atoms with van der Waals surface area (Å²) in [5.74, 6) is 0. The number of aromatic nitrogens is 1. The number of benzene rings is 6. The normalized spacial score (nSPS) is 11.9. The van der Waals surface area contributed by atoms with Crippen LogP contribution in [-0.2, 0) is 0 Å². The maximum atomic E-state index is 3.74. The van der Waals surface area contributed by atoms with Crippen LogP contribution in [0.1, 0.15) is 0 Å². The average molecular weight is 555 g/mol. The lowest BCUT2D eigenvalue weighted by molar-refractivity contribution is 1.19. The van der Waals surface area contributed by atoms with E-state index < -0.39 is 0 Å². The summed E-state index contributed by atoms with van der Waals surface area (Å²) in [4.78, 5) is 0. The molecule has 8 aromatic rings. The van der Waals surface area contributed by atoms with Gasteiger partial charge in [0.15, 0.2) is 0 Å². The first-order valence-corrected chi connectivity index (χ1v) is 14.0. The van der Waals surface area contributed by atoms with E-state index >= 15 is 0 Å². The van der Waals surface area contributed by atoms with E-state index in [1.54, 1.807) is 0 Å². The van der Waals surface area contributed by atoms with Crippen molar-refractivity contribution in [3.05, 3.63) is 126 Å². The van der Waals surface area contributed by atoms with E-state index in [0.717, 1.165) is 4.47 Å². The van der Waals surface area contributed by atoms with Crippen molar-refractivity contribution >= 4 is 80.0 Å². The van der Waals surface area contributed by atoms with Crippen LogP contribution in [0, 0.1) is 0 Å². The zero-order valence-electron chi connectivity index (χ0n) is 19.8. The highest BCUT2D eigenvalue weighted by Gasteiger charge is 2.21. The number of hydrogen-bond donors (Lipinski definition) is 0. The van der Waals surface area contributed by atoms with E-state index in [1.165, 1.54) is 69.6 Å². The summed E-state index contributed by atoms with van der Waals surface area (Å²) in [6, 6.07) is 44.0. The van der Waals surface area contributed by atoms with Crippen LogP contribution in [0.2, 0.25) is 0 Å². The van der Waals surface area contributed by atoms with Crippen LogP contribution in [0.5, 0.6) is 0 Å². The topological polar surface area (TPSA) is 4.93 Å². The second-order valence-corrected chi connectivity index (χ2v) is 11.5. The molecular formula is C34H20BrNS. The standard InChI is InChI=1S/C34H20BrNS/c35-23-16-17-27-29(20-23)36(24-11-5-2-6-12-24)33-26-14-8-7-13-25(26)31-28-19-22(21-9-3-1-4-10-21)15-18-30(28)37-34(31)32(27)33/h1-20H. The molecule has 0 amide bonds. The van der Waals surface area contributed by atoms with Crippen molar-refractivity contribution in [1.29, 1.82) is 0 Å². The van der Waals surface area contributed by atoms with E-state index in [0.29, 0.717) is 0 Å².